The highest BCUT2D eigenvalue weighted by atomic mass is 16.5. The lowest BCUT2D eigenvalue weighted by molar-refractivity contribution is 0.127. The van der Waals surface area contributed by atoms with E-state index in [0.29, 0.717) is 32.1 Å². The van der Waals surface area contributed by atoms with Crippen LogP contribution in [-0.4, -0.2) is 56.6 Å². The molecule has 1 heterocycles. The molecule has 0 bridgehead atoms. The lowest BCUT2D eigenvalue weighted by Crippen LogP contribution is -2.39. The SMILES string of the molecule is COCCN(CCOC)C(=O)Nc1cc(C(C)(C)C)on1. The Labute approximate surface area is 125 Å². The van der Waals surface area contributed by atoms with Crippen molar-refractivity contribution in [2.75, 3.05) is 45.8 Å². The molecule has 0 aliphatic heterocycles. The first-order valence-corrected chi connectivity index (χ1v) is 6.89. The summed E-state index contributed by atoms with van der Waals surface area (Å²) in [6.45, 7) is 7.94. The Morgan fingerprint density at radius 3 is 2.29 bits per heavy atom. The average molecular weight is 299 g/mol. The Kier molecular flexibility index (Phi) is 6.64. The van der Waals surface area contributed by atoms with E-state index in [9.17, 15) is 4.79 Å². The summed E-state index contributed by atoms with van der Waals surface area (Å²) < 4.78 is 15.2. The summed E-state index contributed by atoms with van der Waals surface area (Å²) in [5, 5.41) is 6.59. The van der Waals surface area contributed by atoms with Gasteiger partial charge in [-0.1, -0.05) is 25.9 Å². The fourth-order valence-corrected chi connectivity index (χ4v) is 1.59. The van der Waals surface area contributed by atoms with Crippen molar-refractivity contribution >= 4 is 11.8 Å². The zero-order valence-corrected chi connectivity index (χ0v) is 13.4. The van der Waals surface area contributed by atoms with Crippen molar-refractivity contribution in [2.45, 2.75) is 26.2 Å². The molecule has 0 fully saturated rings. The van der Waals surface area contributed by atoms with Gasteiger partial charge in [0.2, 0.25) is 0 Å². The molecule has 0 atom stereocenters. The third kappa shape index (κ3) is 5.73. The fourth-order valence-electron chi connectivity index (χ4n) is 1.59. The topological polar surface area (TPSA) is 76.8 Å². The van der Waals surface area contributed by atoms with Crippen LogP contribution in [0.25, 0.3) is 0 Å². The Balaban J connectivity index is 2.65. The first-order chi connectivity index (χ1) is 9.88. The highest BCUT2D eigenvalue weighted by molar-refractivity contribution is 5.88. The number of hydrogen-bond donors (Lipinski definition) is 1. The molecule has 1 N–H and O–H groups in total. The zero-order chi connectivity index (χ0) is 15.9. The van der Waals surface area contributed by atoms with Crippen LogP contribution < -0.4 is 5.32 Å². The van der Waals surface area contributed by atoms with Gasteiger partial charge in [0.25, 0.3) is 0 Å². The number of amides is 2. The van der Waals surface area contributed by atoms with E-state index >= 15 is 0 Å². The number of carbonyl (C=O) groups excluding carboxylic acids is 1. The summed E-state index contributed by atoms with van der Waals surface area (Å²) in [5.41, 5.74) is -0.151. The van der Waals surface area contributed by atoms with Gasteiger partial charge < -0.3 is 18.9 Å². The van der Waals surface area contributed by atoms with Gasteiger partial charge in [-0.2, -0.15) is 0 Å². The zero-order valence-electron chi connectivity index (χ0n) is 13.4. The first-order valence-electron chi connectivity index (χ1n) is 6.89. The molecule has 0 unspecified atom stereocenters. The van der Waals surface area contributed by atoms with Gasteiger partial charge in [-0.05, 0) is 0 Å². The van der Waals surface area contributed by atoms with Gasteiger partial charge in [-0.3, -0.25) is 5.32 Å². The van der Waals surface area contributed by atoms with Crippen LogP contribution in [0.15, 0.2) is 10.6 Å². The molecule has 0 aromatic carbocycles. The van der Waals surface area contributed by atoms with E-state index in [2.05, 4.69) is 10.5 Å². The minimum Gasteiger partial charge on any atom is -0.383 e. The van der Waals surface area contributed by atoms with E-state index in [-0.39, 0.29) is 11.4 Å². The number of anilines is 1. The van der Waals surface area contributed by atoms with Crippen LogP contribution in [0.4, 0.5) is 10.6 Å². The minimum atomic E-state index is -0.252. The molecule has 0 aliphatic carbocycles. The number of methoxy groups -OCH3 is 2. The molecule has 0 saturated heterocycles. The Bertz CT molecular complexity index is 432. The molecule has 21 heavy (non-hydrogen) atoms. The molecule has 0 spiro atoms. The molecule has 0 radical (unpaired) electrons. The Morgan fingerprint density at radius 1 is 1.29 bits per heavy atom. The number of nitrogens with one attached hydrogen (secondary N) is 1. The highest BCUT2D eigenvalue weighted by Gasteiger charge is 2.21. The molecule has 7 nitrogen and oxygen atoms in total. The second-order valence-electron chi connectivity index (χ2n) is 5.73. The highest BCUT2D eigenvalue weighted by Crippen LogP contribution is 2.24. The molecule has 0 aliphatic rings. The van der Waals surface area contributed by atoms with E-state index in [1.807, 2.05) is 20.8 Å². The second-order valence-corrected chi connectivity index (χ2v) is 5.73. The summed E-state index contributed by atoms with van der Waals surface area (Å²) in [7, 11) is 3.19. The average Bonchev–Trinajstić information content (AvgIpc) is 2.87. The van der Waals surface area contributed by atoms with E-state index < -0.39 is 0 Å². The third-order valence-corrected chi connectivity index (χ3v) is 2.90. The van der Waals surface area contributed by atoms with Gasteiger partial charge in [-0.25, -0.2) is 4.79 Å². The largest absolute Gasteiger partial charge is 0.383 e. The second kappa shape index (κ2) is 7.99. The molecule has 1 rings (SSSR count). The number of rotatable bonds is 7. The smallest absolute Gasteiger partial charge is 0.323 e. The van der Waals surface area contributed by atoms with Crippen LogP contribution in [0.2, 0.25) is 0 Å². The van der Waals surface area contributed by atoms with Crippen LogP contribution in [0.1, 0.15) is 26.5 Å². The van der Waals surface area contributed by atoms with Crippen LogP contribution in [-0.2, 0) is 14.9 Å². The Hall–Kier alpha value is -1.60. The lowest BCUT2D eigenvalue weighted by Gasteiger charge is -2.21. The van der Waals surface area contributed by atoms with Crippen LogP contribution in [0.5, 0.6) is 0 Å². The maximum absolute atomic E-state index is 12.2. The molecular weight excluding hydrogens is 274 g/mol. The van der Waals surface area contributed by atoms with Crippen LogP contribution in [0, 0.1) is 0 Å². The Morgan fingerprint density at radius 2 is 1.86 bits per heavy atom. The van der Waals surface area contributed by atoms with Gasteiger partial charge in [0, 0.05) is 38.8 Å². The molecule has 1 aromatic rings. The normalized spacial score (nSPS) is 11.5. The first kappa shape index (κ1) is 17.5. The summed E-state index contributed by atoms with van der Waals surface area (Å²) >= 11 is 0. The summed E-state index contributed by atoms with van der Waals surface area (Å²) in [5.74, 6) is 1.13. The van der Waals surface area contributed by atoms with Gasteiger partial charge in [0.1, 0.15) is 5.76 Å². The van der Waals surface area contributed by atoms with Gasteiger partial charge >= 0.3 is 6.03 Å². The van der Waals surface area contributed by atoms with Crippen molar-refractivity contribution < 1.29 is 18.8 Å². The van der Waals surface area contributed by atoms with E-state index in [0.717, 1.165) is 5.76 Å². The monoisotopic (exact) mass is 299 g/mol. The van der Waals surface area contributed by atoms with Gasteiger partial charge in [0.15, 0.2) is 5.82 Å². The van der Waals surface area contributed by atoms with Crippen LogP contribution >= 0.6 is 0 Å². The van der Waals surface area contributed by atoms with Crippen molar-refractivity contribution in [3.63, 3.8) is 0 Å². The van der Waals surface area contributed by atoms with Crippen LogP contribution in [0.3, 0.4) is 0 Å². The number of carbonyl (C=O) groups is 1. The maximum atomic E-state index is 12.2. The third-order valence-electron chi connectivity index (χ3n) is 2.90. The summed E-state index contributed by atoms with van der Waals surface area (Å²) in [4.78, 5) is 13.8. The lowest BCUT2D eigenvalue weighted by atomic mass is 9.93. The predicted molar refractivity (Wildman–Crippen MR) is 79.5 cm³/mol. The number of hydrogen-bond acceptors (Lipinski definition) is 5. The molecular formula is C14H25N3O4. The standard InChI is InChI=1S/C14H25N3O4/c1-14(2,3)11-10-12(16-21-11)15-13(18)17(6-8-19-4)7-9-20-5/h10H,6-9H2,1-5H3,(H,15,16,18). The predicted octanol–water partition coefficient (Wildman–Crippen LogP) is 2.10. The summed E-state index contributed by atoms with van der Waals surface area (Å²) in [6.07, 6.45) is 0. The molecule has 2 amide bonds. The minimum absolute atomic E-state index is 0.151. The molecule has 0 saturated carbocycles. The van der Waals surface area contributed by atoms with Crippen molar-refractivity contribution in [3.8, 4) is 0 Å². The van der Waals surface area contributed by atoms with Crippen molar-refractivity contribution in [1.82, 2.24) is 10.1 Å². The van der Waals surface area contributed by atoms with Crippen molar-refractivity contribution in [3.05, 3.63) is 11.8 Å². The van der Waals surface area contributed by atoms with Crippen molar-refractivity contribution in [2.24, 2.45) is 0 Å². The quantitative estimate of drug-likeness (QED) is 0.834. The number of nitrogens with zero attached hydrogens (tertiary/aromatic N) is 2. The van der Waals surface area contributed by atoms with E-state index in [1.165, 1.54) is 0 Å². The number of urea groups is 1. The maximum Gasteiger partial charge on any atom is 0.323 e. The number of aromatic nitrogens is 1. The van der Waals surface area contributed by atoms with E-state index in [4.69, 9.17) is 14.0 Å². The van der Waals surface area contributed by atoms with Gasteiger partial charge in [-0.15, -0.1) is 0 Å². The molecule has 120 valence electrons. The molecule has 1 aromatic heterocycles. The molecule has 7 heteroatoms. The van der Waals surface area contributed by atoms with Crippen molar-refractivity contribution in [1.29, 1.82) is 0 Å². The fraction of sp³-hybridized carbons (Fsp3) is 0.714. The van der Waals surface area contributed by atoms with E-state index in [1.54, 1.807) is 25.2 Å². The summed E-state index contributed by atoms with van der Waals surface area (Å²) in [6, 6.07) is 1.49. The number of ether oxygens (including phenoxy) is 2. The van der Waals surface area contributed by atoms with Gasteiger partial charge in [0.05, 0.1) is 13.2 Å².